The first-order valence-electron chi connectivity index (χ1n) is 6.27. The first-order valence-corrected chi connectivity index (χ1v) is 6.27. The van der Waals surface area contributed by atoms with Crippen LogP contribution in [-0.2, 0) is 11.3 Å². The average molecular weight is 245 g/mol. The monoisotopic (exact) mass is 245 g/mol. The first-order chi connectivity index (χ1) is 8.83. The third-order valence-corrected chi connectivity index (χ3v) is 2.92. The van der Waals surface area contributed by atoms with E-state index in [-0.39, 0.29) is 0 Å². The van der Waals surface area contributed by atoms with Gasteiger partial charge in [0.05, 0.1) is 20.3 Å². The second-order valence-electron chi connectivity index (χ2n) is 4.49. The highest BCUT2D eigenvalue weighted by Crippen LogP contribution is 2.29. The molecule has 0 spiro atoms. The normalized spacial score (nSPS) is 13.9. The van der Waals surface area contributed by atoms with E-state index in [2.05, 4.69) is 11.8 Å². The summed E-state index contributed by atoms with van der Waals surface area (Å²) in [5.74, 6) is 7.50. The molecular formula is C15H19NO2. The Morgan fingerprint density at radius 1 is 1.39 bits per heavy atom. The summed E-state index contributed by atoms with van der Waals surface area (Å²) in [4.78, 5) is 0. The summed E-state index contributed by atoms with van der Waals surface area (Å²) in [6, 6.07) is 5.87. The molecular weight excluding hydrogens is 226 g/mol. The molecule has 0 heterocycles. The summed E-state index contributed by atoms with van der Waals surface area (Å²) in [5.41, 5.74) is 7.36. The predicted molar refractivity (Wildman–Crippen MR) is 71.3 cm³/mol. The maximum Gasteiger partial charge on any atom is 0.124 e. The molecule has 96 valence electrons. The van der Waals surface area contributed by atoms with Crippen LogP contribution in [0.3, 0.4) is 0 Å². The van der Waals surface area contributed by atoms with Gasteiger partial charge in [0.15, 0.2) is 0 Å². The average Bonchev–Trinajstić information content (AvgIpc) is 3.20. The minimum absolute atomic E-state index is 0.375. The largest absolute Gasteiger partial charge is 0.496 e. The Morgan fingerprint density at radius 2 is 2.22 bits per heavy atom. The summed E-state index contributed by atoms with van der Waals surface area (Å²) in [6.45, 7) is 1.80. The molecule has 3 nitrogen and oxygen atoms in total. The predicted octanol–water partition coefficient (Wildman–Crippen LogP) is 1.93. The number of hydrogen-bond donors (Lipinski definition) is 1. The van der Waals surface area contributed by atoms with Crippen molar-refractivity contribution in [3.05, 3.63) is 29.3 Å². The Labute approximate surface area is 108 Å². The Kier molecular flexibility index (Phi) is 4.63. The summed E-state index contributed by atoms with van der Waals surface area (Å²) < 4.78 is 11.0. The SMILES string of the molecule is COc1ccc(C#CCN)cc1COCC1CC1. The van der Waals surface area contributed by atoms with E-state index in [1.54, 1.807) is 7.11 Å². The van der Waals surface area contributed by atoms with Gasteiger partial charge < -0.3 is 15.2 Å². The van der Waals surface area contributed by atoms with Crippen molar-refractivity contribution < 1.29 is 9.47 Å². The standard InChI is InChI=1S/C15H19NO2/c1-17-15-7-6-12(3-2-8-16)9-14(15)11-18-10-13-4-5-13/h6-7,9,13H,4-5,8,10-11,16H2,1H3. The van der Waals surface area contributed by atoms with E-state index >= 15 is 0 Å². The number of nitrogens with two attached hydrogens (primary N) is 1. The van der Waals surface area contributed by atoms with Crippen LogP contribution in [0.1, 0.15) is 24.0 Å². The quantitative estimate of drug-likeness (QED) is 0.806. The third kappa shape index (κ3) is 3.76. The highest BCUT2D eigenvalue weighted by atomic mass is 16.5. The zero-order valence-electron chi connectivity index (χ0n) is 10.7. The van der Waals surface area contributed by atoms with Crippen molar-refractivity contribution in [3.63, 3.8) is 0 Å². The Balaban J connectivity index is 2.02. The van der Waals surface area contributed by atoms with Gasteiger partial charge in [0.25, 0.3) is 0 Å². The minimum Gasteiger partial charge on any atom is -0.496 e. The van der Waals surface area contributed by atoms with E-state index in [0.29, 0.717) is 13.2 Å². The molecule has 2 rings (SSSR count). The third-order valence-electron chi connectivity index (χ3n) is 2.92. The molecule has 0 saturated heterocycles. The summed E-state index contributed by atoms with van der Waals surface area (Å²) >= 11 is 0. The van der Waals surface area contributed by atoms with Crippen molar-refractivity contribution in [2.75, 3.05) is 20.3 Å². The molecule has 18 heavy (non-hydrogen) atoms. The highest BCUT2D eigenvalue weighted by Gasteiger charge is 2.21. The Morgan fingerprint density at radius 3 is 2.89 bits per heavy atom. The zero-order valence-corrected chi connectivity index (χ0v) is 10.7. The molecule has 0 bridgehead atoms. The van der Waals surface area contributed by atoms with Crippen LogP contribution in [0.4, 0.5) is 0 Å². The lowest BCUT2D eigenvalue weighted by molar-refractivity contribution is 0.109. The van der Waals surface area contributed by atoms with Gasteiger partial charge >= 0.3 is 0 Å². The van der Waals surface area contributed by atoms with Crippen molar-refractivity contribution in [3.8, 4) is 17.6 Å². The molecule has 1 fully saturated rings. The van der Waals surface area contributed by atoms with Crippen molar-refractivity contribution >= 4 is 0 Å². The molecule has 1 aromatic rings. The van der Waals surface area contributed by atoms with E-state index in [9.17, 15) is 0 Å². The van der Waals surface area contributed by atoms with Crippen molar-refractivity contribution in [1.82, 2.24) is 0 Å². The lowest BCUT2D eigenvalue weighted by Crippen LogP contribution is -2.00. The van der Waals surface area contributed by atoms with Gasteiger partial charge in [-0.3, -0.25) is 0 Å². The van der Waals surface area contributed by atoms with Gasteiger partial charge in [0.1, 0.15) is 5.75 Å². The molecule has 0 aromatic heterocycles. The van der Waals surface area contributed by atoms with Gasteiger partial charge in [0, 0.05) is 17.7 Å². The van der Waals surface area contributed by atoms with Gasteiger partial charge in [-0.05, 0) is 37.0 Å². The molecule has 0 amide bonds. The number of ether oxygens (including phenoxy) is 2. The van der Waals surface area contributed by atoms with E-state index in [4.69, 9.17) is 15.2 Å². The minimum atomic E-state index is 0.375. The maximum atomic E-state index is 5.69. The molecule has 3 heteroatoms. The summed E-state index contributed by atoms with van der Waals surface area (Å²) in [5, 5.41) is 0. The molecule has 0 aliphatic heterocycles. The van der Waals surface area contributed by atoms with Crippen LogP contribution < -0.4 is 10.5 Å². The molecule has 0 unspecified atom stereocenters. The van der Waals surface area contributed by atoms with Crippen LogP contribution >= 0.6 is 0 Å². The molecule has 0 radical (unpaired) electrons. The zero-order chi connectivity index (χ0) is 12.8. The number of hydrogen-bond acceptors (Lipinski definition) is 3. The Hall–Kier alpha value is -1.50. The van der Waals surface area contributed by atoms with Crippen LogP contribution in [0.2, 0.25) is 0 Å². The van der Waals surface area contributed by atoms with Gasteiger partial charge in [0.2, 0.25) is 0 Å². The summed E-state index contributed by atoms with van der Waals surface area (Å²) in [6.07, 6.45) is 2.61. The number of rotatable bonds is 5. The van der Waals surface area contributed by atoms with Crippen LogP contribution in [-0.4, -0.2) is 20.3 Å². The van der Waals surface area contributed by atoms with Gasteiger partial charge in [-0.15, -0.1) is 0 Å². The Bertz CT molecular complexity index is 455. The van der Waals surface area contributed by atoms with E-state index in [0.717, 1.165) is 29.4 Å². The van der Waals surface area contributed by atoms with E-state index in [1.165, 1.54) is 12.8 Å². The van der Waals surface area contributed by atoms with Gasteiger partial charge in [-0.1, -0.05) is 11.8 Å². The fraction of sp³-hybridized carbons (Fsp3) is 0.467. The van der Waals surface area contributed by atoms with Gasteiger partial charge in [-0.25, -0.2) is 0 Å². The molecule has 0 atom stereocenters. The topological polar surface area (TPSA) is 44.5 Å². The number of benzene rings is 1. The molecule has 1 saturated carbocycles. The fourth-order valence-corrected chi connectivity index (χ4v) is 1.74. The highest BCUT2D eigenvalue weighted by molar-refractivity contribution is 5.44. The second kappa shape index (κ2) is 6.44. The molecule has 2 N–H and O–H groups in total. The smallest absolute Gasteiger partial charge is 0.124 e. The lowest BCUT2D eigenvalue weighted by atomic mass is 10.1. The van der Waals surface area contributed by atoms with Crippen LogP contribution in [0, 0.1) is 17.8 Å². The lowest BCUT2D eigenvalue weighted by Gasteiger charge is -2.09. The van der Waals surface area contributed by atoms with E-state index < -0.39 is 0 Å². The van der Waals surface area contributed by atoms with Crippen molar-refractivity contribution in [2.45, 2.75) is 19.4 Å². The first kappa shape index (κ1) is 12.9. The molecule has 1 aliphatic carbocycles. The number of methoxy groups -OCH3 is 1. The van der Waals surface area contributed by atoms with Crippen LogP contribution in [0.15, 0.2) is 18.2 Å². The van der Waals surface area contributed by atoms with Crippen molar-refractivity contribution in [2.24, 2.45) is 11.7 Å². The van der Waals surface area contributed by atoms with E-state index in [1.807, 2.05) is 18.2 Å². The maximum absolute atomic E-state index is 5.69. The summed E-state index contributed by atoms with van der Waals surface area (Å²) in [7, 11) is 1.67. The second-order valence-corrected chi connectivity index (χ2v) is 4.49. The fourth-order valence-electron chi connectivity index (χ4n) is 1.74. The van der Waals surface area contributed by atoms with Crippen molar-refractivity contribution in [1.29, 1.82) is 0 Å². The molecule has 1 aliphatic rings. The van der Waals surface area contributed by atoms with Crippen LogP contribution in [0.5, 0.6) is 5.75 Å². The van der Waals surface area contributed by atoms with Gasteiger partial charge in [-0.2, -0.15) is 0 Å². The van der Waals surface area contributed by atoms with Crippen LogP contribution in [0.25, 0.3) is 0 Å². The molecule has 1 aromatic carbocycles.